The topological polar surface area (TPSA) is 37.8 Å². The molecule has 1 aromatic heterocycles. The van der Waals surface area contributed by atoms with Crippen molar-refractivity contribution >= 4 is 0 Å². The van der Waals surface area contributed by atoms with Crippen LogP contribution in [0, 0.1) is 5.92 Å². The van der Waals surface area contributed by atoms with Crippen molar-refractivity contribution in [3.63, 3.8) is 0 Å². The number of hydrogen-bond donors (Lipinski definition) is 1. The first-order chi connectivity index (χ1) is 13.4. The zero-order valence-electron chi connectivity index (χ0n) is 15.4. The predicted octanol–water partition coefficient (Wildman–Crippen LogP) is 3.71. The highest BCUT2D eigenvalue weighted by Gasteiger charge is 2.53. The van der Waals surface area contributed by atoms with E-state index in [2.05, 4.69) is 70.1 Å². The van der Waals surface area contributed by atoms with E-state index in [9.17, 15) is 0 Å². The molecular weight excluding hydrogens is 330 g/mol. The lowest BCUT2D eigenvalue weighted by Gasteiger charge is -2.56. The van der Waals surface area contributed by atoms with Gasteiger partial charge < -0.3 is 5.32 Å². The van der Waals surface area contributed by atoms with Crippen LogP contribution in [0.2, 0.25) is 0 Å². The highest BCUT2D eigenvalue weighted by molar-refractivity contribution is 5.70. The third-order valence-electron chi connectivity index (χ3n) is 7.21. The zero-order chi connectivity index (χ0) is 17.8. The highest BCUT2D eigenvalue weighted by atomic mass is 15.1. The molecule has 2 bridgehead atoms. The van der Waals surface area contributed by atoms with Gasteiger partial charge in [0.15, 0.2) is 0 Å². The van der Waals surface area contributed by atoms with E-state index < -0.39 is 0 Å². The summed E-state index contributed by atoms with van der Waals surface area (Å²) in [7, 11) is 0. The molecule has 3 aliphatic rings. The Kier molecular flexibility index (Phi) is 3.30. The maximum atomic E-state index is 4.54. The number of nitrogens with one attached hydrogen (secondary N) is 1. The summed E-state index contributed by atoms with van der Waals surface area (Å²) in [6, 6.07) is 20.6. The molecule has 3 nitrogen and oxygen atoms in total. The van der Waals surface area contributed by atoms with Crippen LogP contribution in [0.4, 0.5) is 0 Å². The smallest absolute Gasteiger partial charge is 0.0672 e. The number of nitrogens with zero attached hydrogens (tertiary/aromatic N) is 2. The van der Waals surface area contributed by atoms with Gasteiger partial charge in [-0.2, -0.15) is 10.2 Å². The Balaban J connectivity index is 1.57. The van der Waals surface area contributed by atoms with E-state index in [4.69, 9.17) is 0 Å². The van der Waals surface area contributed by atoms with Crippen molar-refractivity contribution in [1.82, 2.24) is 15.5 Å². The average molecular weight is 353 g/mol. The number of piperidine rings is 1. The monoisotopic (exact) mass is 353 g/mol. The van der Waals surface area contributed by atoms with Crippen LogP contribution in [-0.4, -0.2) is 22.8 Å². The number of rotatable bonds is 1. The first-order valence-electron chi connectivity index (χ1n) is 10.1. The molecule has 1 N–H and O–H groups in total. The van der Waals surface area contributed by atoms with Gasteiger partial charge in [0.05, 0.1) is 5.69 Å². The van der Waals surface area contributed by atoms with Gasteiger partial charge >= 0.3 is 0 Å². The molecule has 3 aromatic rings. The fourth-order valence-corrected chi connectivity index (χ4v) is 6.03. The summed E-state index contributed by atoms with van der Waals surface area (Å²) in [6.07, 6.45) is 6.32. The lowest BCUT2D eigenvalue weighted by molar-refractivity contribution is 0.113. The van der Waals surface area contributed by atoms with Gasteiger partial charge in [0.25, 0.3) is 0 Å². The summed E-state index contributed by atoms with van der Waals surface area (Å²) >= 11 is 0. The summed E-state index contributed by atoms with van der Waals surface area (Å²) in [5.74, 6) is 0.654. The molecular formula is C24H23N3. The second-order valence-electron chi connectivity index (χ2n) is 8.36. The Hall–Kier alpha value is -2.52. The molecule has 1 aliphatic heterocycles. The van der Waals surface area contributed by atoms with Crippen LogP contribution in [0.15, 0.2) is 60.8 Å². The number of benzene rings is 2. The minimum Gasteiger partial charge on any atom is -0.313 e. The lowest BCUT2D eigenvalue weighted by atomic mass is 9.52. The van der Waals surface area contributed by atoms with Gasteiger partial charge in [-0.3, -0.25) is 0 Å². The van der Waals surface area contributed by atoms with Gasteiger partial charge in [-0.1, -0.05) is 48.5 Å². The van der Waals surface area contributed by atoms with E-state index in [1.807, 2.05) is 6.20 Å². The molecule has 2 heterocycles. The van der Waals surface area contributed by atoms with E-state index in [1.54, 1.807) is 11.1 Å². The minimum absolute atomic E-state index is 0.206. The standard InChI is InChI=1S/C24H23N3/c1-2-5-16(6-3-1)18-7-4-8-20-19(18)14-22-21-13-17-9-11-26-27-23(17)15-24(20,21)10-12-25-22/h1-9,11,21-22,25H,10,12-15H2/t21-,22+,24+/m0/s1. The van der Waals surface area contributed by atoms with Crippen molar-refractivity contribution < 1.29 is 0 Å². The number of aromatic nitrogens is 2. The van der Waals surface area contributed by atoms with E-state index >= 15 is 0 Å². The van der Waals surface area contributed by atoms with Crippen molar-refractivity contribution in [2.24, 2.45) is 5.92 Å². The number of fused-ring (bicyclic) bond motifs is 2. The molecule has 134 valence electrons. The normalized spacial score (nSPS) is 28.0. The van der Waals surface area contributed by atoms with Crippen molar-refractivity contribution in [2.45, 2.75) is 37.1 Å². The van der Waals surface area contributed by atoms with Crippen LogP contribution < -0.4 is 5.32 Å². The Morgan fingerprint density at radius 2 is 1.89 bits per heavy atom. The molecule has 0 amide bonds. The van der Waals surface area contributed by atoms with Gasteiger partial charge in [-0.15, -0.1) is 0 Å². The number of hydrogen-bond acceptors (Lipinski definition) is 3. The van der Waals surface area contributed by atoms with Gasteiger partial charge in [0, 0.05) is 24.1 Å². The maximum Gasteiger partial charge on any atom is 0.0672 e. The van der Waals surface area contributed by atoms with E-state index in [0.717, 1.165) is 25.8 Å². The lowest BCUT2D eigenvalue weighted by Crippen LogP contribution is -2.61. The molecule has 0 radical (unpaired) electrons. The van der Waals surface area contributed by atoms with E-state index in [-0.39, 0.29) is 5.41 Å². The molecule has 3 atom stereocenters. The maximum absolute atomic E-state index is 4.54. The molecule has 1 fully saturated rings. The summed E-state index contributed by atoms with van der Waals surface area (Å²) < 4.78 is 0. The van der Waals surface area contributed by atoms with E-state index in [0.29, 0.717) is 12.0 Å². The largest absolute Gasteiger partial charge is 0.313 e. The van der Waals surface area contributed by atoms with E-state index in [1.165, 1.54) is 28.8 Å². The fourth-order valence-electron chi connectivity index (χ4n) is 6.03. The van der Waals surface area contributed by atoms with Crippen LogP contribution in [0.25, 0.3) is 11.1 Å². The molecule has 0 spiro atoms. The molecule has 27 heavy (non-hydrogen) atoms. The quantitative estimate of drug-likeness (QED) is 0.725. The second-order valence-corrected chi connectivity index (χ2v) is 8.36. The van der Waals surface area contributed by atoms with Gasteiger partial charge in [-0.25, -0.2) is 0 Å². The first-order valence-corrected chi connectivity index (χ1v) is 10.1. The summed E-state index contributed by atoms with van der Waals surface area (Å²) in [4.78, 5) is 0. The zero-order valence-corrected chi connectivity index (χ0v) is 15.4. The Morgan fingerprint density at radius 1 is 0.963 bits per heavy atom. The van der Waals surface area contributed by atoms with Gasteiger partial charge in [-0.05, 0) is 65.6 Å². The van der Waals surface area contributed by atoms with Crippen molar-refractivity contribution in [1.29, 1.82) is 0 Å². The van der Waals surface area contributed by atoms with Crippen molar-refractivity contribution in [2.75, 3.05) is 6.54 Å². The molecule has 0 saturated carbocycles. The van der Waals surface area contributed by atoms with Crippen LogP contribution >= 0.6 is 0 Å². The first kappa shape index (κ1) is 15.5. The average Bonchev–Trinajstić information content (AvgIpc) is 2.72. The SMILES string of the molecule is c1ccc(-c2cccc3c2C[C@H]2NCC[C@@]34Cc3nnccc3C[C@@H]24)cc1. The Morgan fingerprint density at radius 3 is 2.81 bits per heavy atom. The van der Waals surface area contributed by atoms with Crippen LogP contribution in [0.1, 0.15) is 28.8 Å². The highest BCUT2D eigenvalue weighted by Crippen LogP contribution is 2.53. The molecule has 2 aliphatic carbocycles. The van der Waals surface area contributed by atoms with Crippen molar-refractivity contribution in [3.05, 3.63) is 83.2 Å². The fraction of sp³-hybridized carbons (Fsp3) is 0.333. The van der Waals surface area contributed by atoms with Crippen LogP contribution in [0.5, 0.6) is 0 Å². The van der Waals surface area contributed by atoms with Gasteiger partial charge in [0.1, 0.15) is 0 Å². The minimum atomic E-state index is 0.206. The third kappa shape index (κ3) is 2.18. The third-order valence-corrected chi connectivity index (χ3v) is 7.21. The predicted molar refractivity (Wildman–Crippen MR) is 107 cm³/mol. The van der Waals surface area contributed by atoms with Gasteiger partial charge in [0.2, 0.25) is 0 Å². The van der Waals surface area contributed by atoms with Crippen LogP contribution in [0.3, 0.4) is 0 Å². The molecule has 6 rings (SSSR count). The molecule has 2 aromatic carbocycles. The Labute approximate surface area is 159 Å². The molecule has 1 saturated heterocycles. The summed E-state index contributed by atoms with van der Waals surface area (Å²) in [6.45, 7) is 1.10. The molecule has 3 heteroatoms. The second kappa shape index (κ2) is 5.74. The summed E-state index contributed by atoms with van der Waals surface area (Å²) in [5.41, 5.74) is 8.68. The summed E-state index contributed by atoms with van der Waals surface area (Å²) in [5, 5.41) is 12.6. The Bertz CT molecular complexity index is 1010. The van der Waals surface area contributed by atoms with Crippen molar-refractivity contribution in [3.8, 4) is 11.1 Å². The van der Waals surface area contributed by atoms with Crippen LogP contribution in [-0.2, 0) is 24.7 Å². The molecule has 0 unspecified atom stereocenters.